The maximum Gasteiger partial charge on any atom is 0.243 e. The summed E-state index contributed by atoms with van der Waals surface area (Å²) in [7, 11) is -3.42. The molecule has 1 N–H and O–H groups in total. The number of benzene rings is 1. The van der Waals surface area contributed by atoms with Crippen LogP contribution in [0.15, 0.2) is 23.1 Å². The molecule has 1 aromatic carbocycles. The van der Waals surface area contributed by atoms with E-state index in [0.717, 1.165) is 30.5 Å². The van der Waals surface area contributed by atoms with Gasteiger partial charge in [0.2, 0.25) is 10.0 Å². The van der Waals surface area contributed by atoms with E-state index in [-0.39, 0.29) is 5.54 Å². The molecule has 4 nitrogen and oxygen atoms in total. The van der Waals surface area contributed by atoms with Crippen molar-refractivity contribution in [3.63, 3.8) is 0 Å². The molecule has 0 aliphatic carbocycles. The summed E-state index contributed by atoms with van der Waals surface area (Å²) in [5, 5.41) is 3.24. The Morgan fingerprint density at radius 3 is 2.62 bits per heavy atom. The first-order chi connectivity index (χ1) is 9.79. The number of sulfonamides is 1. The molecule has 0 bridgehead atoms. The number of hydrogen-bond donors (Lipinski definition) is 1. The van der Waals surface area contributed by atoms with Crippen LogP contribution in [0.1, 0.15) is 44.7 Å². The fourth-order valence-electron chi connectivity index (χ4n) is 2.95. The Morgan fingerprint density at radius 2 is 2.05 bits per heavy atom. The Bertz CT molecular complexity index is 609. The molecule has 0 spiro atoms. The lowest BCUT2D eigenvalue weighted by atomic mass is 10.0. The zero-order chi connectivity index (χ0) is 15.7. The summed E-state index contributed by atoms with van der Waals surface area (Å²) in [4.78, 5) is 0.452. The zero-order valence-corrected chi connectivity index (χ0v) is 14.3. The van der Waals surface area contributed by atoms with Crippen molar-refractivity contribution in [3.05, 3.63) is 29.3 Å². The highest BCUT2D eigenvalue weighted by Crippen LogP contribution is 2.35. The van der Waals surface area contributed by atoms with Crippen molar-refractivity contribution in [1.29, 1.82) is 0 Å². The molecular formula is C16H26N2O2S. The first kappa shape index (κ1) is 16.5. The van der Waals surface area contributed by atoms with E-state index in [9.17, 15) is 8.42 Å². The monoisotopic (exact) mass is 310 g/mol. The Hall–Kier alpha value is -0.910. The first-order valence-corrected chi connectivity index (χ1v) is 9.06. The highest BCUT2D eigenvalue weighted by molar-refractivity contribution is 7.89. The first-order valence-electron chi connectivity index (χ1n) is 7.62. The Labute approximate surface area is 128 Å². The second-order valence-corrected chi connectivity index (χ2v) is 8.20. The lowest BCUT2D eigenvalue weighted by Crippen LogP contribution is -2.42. The van der Waals surface area contributed by atoms with Crippen LogP contribution in [-0.2, 0) is 16.6 Å². The molecule has 1 heterocycles. The van der Waals surface area contributed by atoms with Crippen molar-refractivity contribution >= 4 is 10.0 Å². The van der Waals surface area contributed by atoms with Gasteiger partial charge in [0.1, 0.15) is 0 Å². The molecule has 1 aliphatic heterocycles. The lowest BCUT2D eigenvalue weighted by molar-refractivity contribution is 0.291. The van der Waals surface area contributed by atoms with Gasteiger partial charge in [0.25, 0.3) is 0 Å². The Kier molecular flexibility index (Phi) is 4.76. The smallest absolute Gasteiger partial charge is 0.243 e. The molecule has 1 aliphatic rings. The molecule has 0 saturated carbocycles. The summed E-state index contributed by atoms with van der Waals surface area (Å²) in [5.41, 5.74) is 1.54. The van der Waals surface area contributed by atoms with E-state index < -0.39 is 10.0 Å². The quantitative estimate of drug-likeness (QED) is 0.909. The second kappa shape index (κ2) is 6.07. The summed E-state index contributed by atoms with van der Waals surface area (Å²) >= 11 is 0. The molecule has 1 saturated heterocycles. The van der Waals surface area contributed by atoms with E-state index in [1.807, 2.05) is 45.9 Å². The maximum absolute atomic E-state index is 13.0. The number of aryl methyl sites for hydroxylation is 1. The van der Waals surface area contributed by atoms with Crippen molar-refractivity contribution in [2.45, 2.75) is 57.5 Å². The van der Waals surface area contributed by atoms with Gasteiger partial charge in [0.05, 0.1) is 4.90 Å². The average molecular weight is 310 g/mol. The van der Waals surface area contributed by atoms with Gasteiger partial charge in [-0.1, -0.05) is 19.1 Å². The number of hydrogen-bond acceptors (Lipinski definition) is 3. The van der Waals surface area contributed by atoms with Crippen LogP contribution in [0.5, 0.6) is 0 Å². The predicted molar refractivity (Wildman–Crippen MR) is 85.8 cm³/mol. The molecule has 2 rings (SSSR count). The summed E-state index contributed by atoms with van der Waals surface area (Å²) in [6, 6.07) is 5.72. The fraction of sp³-hybridized carbons (Fsp3) is 0.625. The van der Waals surface area contributed by atoms with Crippen LogP contribution >= 0.6 is 0 Å². The highest BCUT2D eigenvalue weighted by Gasteiger charge is 2.41. The molecule has 0 amide bonds. The van der Waals surface area contributed by atoms with Gasteiger partial charge >= 0.3 is 0 Å². The molecule has 1 aromatic rings. The van der Waals surface area contributed by atoms with Gasteiger partial charge in [0, 0.05) is 18.6 Å². The van der Waals surface area contributed by atoms with Crippen LogP contribution in [0.2, 0.25) is 0 Å². The largest absolute Gasteiger partial charge is 0.313 e. The van der Waals surface area contributed by atoms with Crippen molar-refractivity contribution in [3.8, 4) is 0 Å². The van der Waals surface area contributed by atoms with E-state index in [1.54, 1.807) is 4.31 Å². The minimum atomic E-state index is -3.42. The summed E-state index contributed by atoms with van der Waals surface area (Å²) in [6.45, 7) is 10.1. The lowest BCUT2D eigenvalue weighted by Gasteiger charge is -2.31. The third-order valence-corrected chi connectivity index (χ3v) is 6.48. The average Bonchev–Trinajstić information content (AvgIpc) is 2.78. The molecule has 1 fully saturated rings. The van der Waals surface area contributed by atoms with Crippen LogP contribution in [0.3, 0.4) is 0 Å². The second-order valence-electron chi connectivity index (χ2n) is 6.37. The third-order valence-electron chi connectivity index (χ3n) is 4.22. The van der Waals surface area contributed by atoms with Gasteiger partial charge in [-0.05, 0) is 57.4 Å². The molecular weight excluding hydrogens is 284 g/mol. The van der Waals surface area contributed by atoms with Gasteiger partial charge < -0.3 is 5.32 Å². The zero-order valence-electron chi connectivity index (χ0n) is 13.4. The van der Waals surface area contributed by atoms with E-state index in [4.69, 9.17) is 0 Å². The maximum atomic E-state index is 13.0. The molecule has 0 aromatic heterocycles. The van der Waals surface area contributed by atoms with Crippen LogP contribution < -0.4 is 5.32 Å². The van der Waals surface area contributed by atoms with E-state index >= 15 is 0 Å². The minimum Gasteiger partial charge on any atom is -0.313 e. The molecule has 0 atom stereocenters. The van der Waals surface area contributed by atoms with Crippen molar-refractivity contribution in [2.24, 2.45) is 0 Å². The van der Waals surface area contributed by atoms with E-state index in [2.05, 4.69) is 5.32 Å². The minimum absolute atomic E-state index is 0.289. The molecule has 21 heavy (non-hydrogen) atoms. The predicted octanol–water partition coefficient (Wildman–Crippen LogP) is 2.67. The molecule has 0 unspecified atom stereocenters. The molecule has 0 radical (unpaired) electrons. The number of nitrogens with zero attached hydrogens (tertiary/aromatic N) is 1. The van der Waals surface area contributed by atoms with Crippen LogP contribution in [0, 0.1) is 6.92 Å². The van der Waals surface area contributed by atoms with Gasteiger partial charge in [-0.25, -0.2) is 8.42 Å². The Balaban J connectivity index is 2.40. The Morgan fingerprint density at radius 1 is 1.33 bits per heavy atom. The molecule has 118 valence electrons. The molecule has 5 heteroatoms. The number of rotatable bonds is 5. The van der Waals surface area contributed by atoms with E-state index in [0.29, 0.717) is 18.0 Å². The van der Waals surface area contributed by atoms with Gasteiger partial charge in [-0.3, -0.25) is 0 Å². The van der Waals surface area contributed by atoms with Crippen LogP contribution in [0.4, 0.5) is 0 Å². The topological polar surface area (TPSA) is 49.4 Å². The highest BCUT2D eigenvalue weighted by atomic mass is 32.2. The van der Waals surface area contributed by atoms with Crippen molar-refractivity contribution in [1.82, 2.24) is 9.62 Å². The van der Waals surface area contributed by atoms with Gasteiger partial charge in [-0.2, -0.15) is 4.31 Å². The van der Waals surface area contributed by atoms with Crippen LogP contribution in [0.25, 0.3) is 0 Å². The summed E-state index contributed by atoms with van der Waals surface area (Å²) < 4.78 is 27.7. The van der Waals surface area contributed by atoms with Gasteiger partial charge in [-0.15, -0.1) is 0 Å². The van der Waals surface area contributed by atoms with E-state index in [1.165, 1.54) is 0 Å². The fourth-order valence-corrected chi connectivity index (χ4v) is 5.07. The van der Waals surface area contributed by atoms with Crippen molar-refractivity contribution < 1.29 is 8.42 Å². The standard InChI is InChI=1S/C16H26N2O2S/c1-5-17-12-14-8-7-13(2)15(11-14)21(19,20)18-10-6-9-16(18,3)4/h7-8,11,17H,5-6,9-10,12H2,1-4H3. The van der Waals surface area contributed by atoms with Crippen molar-refractivity contribution in [2.75, 3.05) is 13.1 Å². The normalized spacial score (nSPS) is 19.0. The summed E-state index contributed by atoms with van der Waals surface area (Å²) in [6.07, 6.45) is 1.85. The third kappa shape index (κ3) is 3.30. The summed E-state index contributed by atoms with van der Waals surface area (Å²) in [5.74, 6) is 0. The number of nitrogens with one attached hydrogen (secondary N) is 1. The SMILES string of the molecule is CCNCc1ccc(C)c(S(=O)(=O)N2CCCC2(C)C)c1. The van der Waals surface area contributed by atoms with Gasteiger partial charge in [0.15, 0.2) is 0 Å². The van der Waals surface area contributed by atoms with Crippen LogP contribution in [-0.4, -0.2) is 31.4 Å².